The normalized spacial score (nSPS) is 10.5. The van der Waals surface area contributed by atoms with Crippen molar-refractivity contribution >= 4 is 17.5 Å². The summed E-state index contributed by atoms with van der Waals surface area (Å²) in [6.07, 6.45) is 0.757. The third kappa shape index (κ3) is 4.81. The highest BCUT2D eigenvalue weighted by atomic mass is 16.5. The summed E-state index contributed by atoms with van der Waals surface area (Å²) in [5, 5.41) is 9.63. The SMILES string of the molecule is COc1ccccc1CCNc1cc(C(=O)Nc2cc(C)on2)nc(C)n1. The van der Waals surface area contributed by atoms with E-state index in [1.54, 1.807) is 33.1 Å². The first-order valence-corrected chi connectivity index (χ1v) is 8.51. The Hall–Kier alpha value is -3.42. The molecule has 0 aliphatic carbocycles. The number of anilines is 2. The Morgan fingerprint density at radius 3 is 2.70 bits per heavy atom. The van der Waals surface area contributed by atoms with Crippen LogP contribution in [-0.2, 0) is 6.42 Å². The van der Waals surface area contributed by atoms with Gasteiger partial charge in [-0.3, -0.25) is 4.79 Å². The third-order valence-electron chi connectivity index (χ3n) is 3.83. The molecule has 2 aromatic heterocycles. The summed E-state index contributed by atoms with van der Waals surface area (Å²) >= 11 is 0. The van der Waals surface area contributed by atoms with E-state index in [0.29, 0.717) is 29.8 Å². The standard InChI is InChI=1S/C19H21N5O3/c1-12-10-18(24-27-12)23-19(25)15-11-17(22-13(2)21-15)20-9-8-14-6-4-5-7-16(14)26-3/h4-7,10-11H,8-9H2,1-3H3,(H,20,21,22)(H,23,24,25). The van der Waals surface area contributed by atoms with Gasteiger partial charge in [-0.05, 0) is 31.9 Å². The molecule has 3 aromatic rings. The van der Waals surface area contributed by atoms with E-state index in [2.05, 4.69) is 25.8 Å². The molecule has 0 bridgehead atoms. The van der Waals surface area contributed by atoms with E-state index in [-0.39, 0.29) is 11.6 Å². The molecular weight excluding hydrogens is 346 g/mol. The van der Waals surface area contributed by atoms with Crippen LogP contribution in [0.2, 0.25) is 0 Å². The number of amides is 1. The van der Waals surface area contributed by atoms with Crippen molar-refractivity contribution in [2.45, 2.75) is 20.3 Å². The molecule has 140 valence electrons. The van der Waals surface area contributed by atoms with Gasteiger partial charge >= 0.3 is 0 Å². The van der Waals surface area contributed by atoms with Crippen LogP contribution in [0.1, 0.15) is 27.6 Å². The van der Waals surface area contributed by atoms with Gasteiger partial charge in [0, 0.05) is 18.7 Å². The number of carbonyl (C=O) groups excluding carboxylic acids is 1. The van der Waals surface area contributed by atoms with Gasteiger partial charge in [-0.1, -0.05) is 23.4 Å². The number of hydrogen-bond donors (Lipinski definition) is 2. The molecule has 0 radical (unpaired) electrons. The topological polar surface area (TPSA) is 102 Å². The number of para-hydroxylation sites is 1. The quantitative estimate of drug-likeness (QED) is 0.662. The highest BCUT2D eigenvalue weighted by Crippen LogP contribution is 2.18. The van der Waals surface area contributed by atoms with Crippen LogP contribution in [0, 0.1) is 13.8 Å². The molecule has 8 nitrogen and oxygen atoms in total. The van der Waals surface area contributed by atoms with Crippen LogP contribution >= 0.6 is 0 Å². The molecule has 1 amide bonds. The van der Waals surface area contributed by atoms with E-state index in [4.69, 9.17) is 9.26 Å². The van der Waals surface area contributed by atoms with E-state index in [0.717, 1.165) is 17.7 Å². The minimum absolute atomic E-state index is 0.253. The lowest BCUT2D eigenvalue weighted by molar-refractivity contribution is 0.102. The minimum atomic E-state index is -0.374. The lowest BCUT2D eigenvalue weighted by Gasteiger charge is -2.10. The number of nitrogens with zero attached hydrogens (tertiary/aromatic N) is 3. The summed E-state index contributed by atoms with van der Waals surface area (Å²) in [5.74, 6) is 2.52. The maximum absolute atomic E-state index is 12.4. The van der Waals surface area contributed by atoms with Crippen LogP contribution in [0.25, 0.3) is 0 Å². The average Bonchev–Trinajstić information content (AvgIpc) is 3.06. The van der Waals surface area contributed by atoms with Crippen LogP contribution < -0.4 is 15.4 Å². The first-order chi connectivity index (χ1) is 13.0. The zero-order valence-electron chi connectivity index (χ0n) is 15.4. The van der Waals surface area contributed by atoms with Gasteiger partial charge in [0.15, 0.2) is 5.82 Å². The van der Waals surface area contributed by atoms with E-state index >= 15 is 0 Å². The molecule has 0 spiro atoms. The Bertz CT molecular complexity index is 939. The smallest absolute Gasteiger partial charge is 0.275 e. The Morgan fingerprint density at radius 1 is 1.15 bits per heavy atom. The molecule has 0 fully saturated rings. The van der Waals surface area contributed by atoms with Gasteiger partial charge in [-0.2, -0.15) is 0 Å². The second-order valence-corrected chi connectivity index (χ2v) is 5.95. The van der Waals surface area contributed by atoms with Gasteiger partial charge in [0.2, 0.25) is 0 Å². The fraction of sp³-hybridized carbons (Fsp3) is 0.263. The predicted octanol–water partition coefficient (Wildman–Crippen LogP) is 3.00. The second-order valence-electron chi connectivity index (χ2n) is 5.95. The van der Waals surface area contributed by atoms with Crippen molar-refractivity contribution in [3.05, 3.63) is 59.2 Å². The Kier molecular flexibility index (Phi) is 5.65. The van der Waals surface area contributed by atoms with Crippen molar-refractivity contribution in [1.29, 1.82) is 0 Å². The first-order valence-electron chi connectivity index (χ1n) is 8.51. The molecule has 0 aliphatic heterocycles. The van der Waals surface area contributed by atoms with Gasteiger partial charge < -0.3 is 19.9 Å². The number of nitrogens with one attached hydrogen (secondary N) is 2. The number of aryl methyl sites for hydroxylation is 2. The molecule has 0 aliphatic rings. The number of aromatic nitrogens is 3. The maximum atomic E-state index is 12.4. The zero-order chi connectivity index (χ0) is 19.2. The van der Waals surface area contributed by atoms with Crippen molar-refractivity contribution in [2.24, 2.45) is 0 Å². The van der Waals surface area contributed by atoms with Crippen LogP contribution in [0.3, 0.4) is 0 Å². The van der Waals surface area contributed by atoms with E-state index < -0.39 is 0 Å². The van der Waals surface area contributed by atoms with Gasteiger partial charge in [0.05, 0.1) is 7.11 Å². The zero-order valence-corrected chi connectivity index (χ0v) is 15.4. The average molecular weight is 367 g/mol. The maximum Gasteiger partial charge on any atom is 0.275 e. The van der Waals surface area contributed by atoms with E-state index in [9.17, 15) is 4.79 Å². The van der Waals surface area contributed by atoms with E-state index in [1.165, 1.54) is 0 Å². The summed E-state index contributed by atoms with van der Waals surface area (Å²) in [6, 6.07) is 11.1. The van der Waals surface area contributed by atoms with Crippen molar-refractivity contribution in [3.63, 3.8) is 0 Å². The fourth-order valence-corrected chi connectivity index (χ4v) is 2.61. The molecule has 2 N–H and O–H groups in total. The number of ether oxygens (including phenoxy) is 1. The Labute approximate surface area is 157 Å². The molecule has 0 unspecified atom stereocenters. The molecule has 0 saturated carbocycles. The van der Waals surface area contributed by atoms with Gasteiger partial charge in [-0.15, -0.1) is 0 Å². The summed E-state index contributed by atoms with van der Waals surface area (Å²) in [5.41, 5.74) is 1.35. The fourth-order valence-electron chi connectivity index (χ4n) is 2.61. The second kappa shape index (κ2) is 8.31. The van der Waals surface area contributed by atoms with Crippen LogP contribution in [-0.4, -0.2) is 34.7 Å². The van der Waals surface area contributed by atoms with Gasteiger partial charge in [0.25, 0.3) is 5.91 Å². The molecule has 3 rings (SSSR count). The van der Waals surface area contributed by atoms with Crippen LogP contribution in [0.5, 0.6) is 5.75 Å². The van der Waals surface area contributed by atoms with Crippen molar-refractivity contribution in [1.82, 2.24) is 15.1 Å². The van der Waals surface area contributed by atoms with Crippen molar-refractivity contribution in [2.75, 3.05) is 24.3 Å². The van der Waals surface area contributed by atoms with Crippen LogP contribution in [0.4, 0.5) is 11.6 Å². The van der Waals surface area contributed by atoms with Crippen molar-refractivity contribution < 1.29 is 14.1 Å². The molecule has 0 atom stereocenters. The van der Waals surface area contributed by atoms with Crippen LogP contribution in [0.15, 0.2) is 40.9 Å². The van der Waals surface area contributed by atoms with E-state index in [1.807, 2.05) is 24.3 Å². The minimum Gasteiger partial charge on any atom is -0.496 e. The summed E-state index contributed by atoms with van der Waals surface area (Å²) < 4.78 is 10.3. The number of benzene rings is 1. The molecule has 0 saturated heterocycles. The number of methoxy groups -OCH3 is 1. The van der Waals surface area contributed by atoms with Gasteiger partial charge in [-0.25, -0.2) is 9.97 Å². The molecule has 2 heterocycles. The Morgan fingerprint density at radius 2 is 1.96 bits per heavy atom. The summed E-state index contributed by atoms with van der Waals surface area (Å²) in [7, 11) is 1.65. The lowest BCUT2D eigenvalue weighted by Crippen LogP contribution is -2.16. The summed E-state index contributed by atoms with van der Waals surface area (Å²) in [4.78, 5) is 20.9. The first kappa shape index (κ1) is 18.4. The number of carbonyl (C=O) groups is 1. The highest BCUT2D eigenvalue weighted by Gasteiger charge is 2.13. The third-order valence-corrected chi connectivity index (χ3v) is 3.83. The molecule has 1 aromatic carbocycles. The predicted molar refractivity (Wildman–Crippen MR) is 101 cm³/mol. The monoisotopic (exact) mass is 367 g/mol. The van der Waals surface area contributed by atoms with Gasteiger partial charge in [0.1, 0.15) is 28.8 Å². The molecule has 27 heavy (non-hydrogen) atoms. The summed E-state index contributed by atoms with van der Waals surface area (Å²) in [6.45, 7) is 4.13. The Balaban J connectivity index is 1.65. The lowest BCUT2D eigenvalue weighted by atomic mass is 10.1. The molecular formula is C19H21N5O3. The molecule has 8 heteroatoms. The largest absolute Gasteiger partial charge is 0.496 e. The number of hydrogen-bond acceptors (Lipinski definition) is 7. The number of rotatable bonds is 7. The highest BCUT2D eigenvalue weighted by molar-refractivity contribution is 6.02. The van der Waals surface area contributed by atoms with Crippen molar-refractivity contribution in [3.8, 4) is 5.75 Å².